The molecule has 1 aliphatic heterocycles. The van der Waals surface area contributed by atoms with Crippen LogP contribution in [0.3, 0.4) is 0 Å². The van der Waals surface area contributed by atoms with Crippen molar-refractivity contribution in [2.45, 2.75) is 31.8 Å². The number of aliphatic hydroxyl groups is 1. The van der Waals surface area contributed by atoms with E-state index in [2.05, 4.69) is 46.4 Å². The molecule has 2 nitrogen and oxygen atoms in total. The summed E-state index contributed by atoms with van der Waals surface area (Å²) in [5.41, 5.74) is 1.94. The van der Waals surface area contributed by atoms with Gasteiger partial charge in [-0.25, -0.2) is 0 Å². The Morgan fingerprint density at radius 3 is 2.62 bits per heavy atom. The summed E-state index contributed by atoms with van der Waals surface area (Å²) in [7, 11) is 0. The van der Waals surface area contributed by atoms with Gasteiger partial charge in [0.15, 0.2) is 0 Å². The topological polar surface area (TPSA) is 32.3 Å². The van der Waals surface area contributed by atoms with Gasteiger partial charge in [-0.05, 0) is 56.1 Å². The van der Waals surface area contributed by atoms with Gasteiger partial charge in [0.1, 0.15) is 0 Å². The minimum Gasteiger partial charge on any atom is -0.389 e. The van der Waals surface area contributed by atoms with Gasteiger partial charge in [0, 0.05) is 10.9 Å². The van der Waals surface area contributed by atoms with Crippen LogP contribution in [0.4, 0.5) is 0 Å². The van der Waals surface area contributed by atoms with E-state index in [4.69, 9.17) is 0 Å². The van der Waals surface area contributed by atoms with Crippen LogP contribution in [0.15, 0.2) is 22.7 Å². The van der Waals surface area contributed by atoms with Crippen LogP contribution < -0.4 is 5.32 Å². The lowest BCUT2D eigenvalue weighted by Crippen LogP contribution is -2.43. The third kappa shape index (κ3) is 3.06. The molecule has 1 aromatic carbocycles. The highest BCUT2D eigenvalue weighted by Crippen LogP contribution is 2.25. The van der Waals surface area contributed by atoms with E-state index in [9.17, 15) is 5.11 Å². The second kappa shape index (κ2) is 4.86. The lowest BCUT2D eigenvalue weighted by atomic mass is 9.86. The number of hydrogen-bond donors (Lipinski definition) is 2. The molecule has 0 radical (unpaired) electrons. The molecular weight excluding hydrogens is 266 g/mol. The highest BCUT2D eigenvalue weighted by atomic mass is 79.9. The summed E-state index contributed by atoms with van der Waals surface area (Å²) in [6.07, 6.45) is 2.45. The molecule has 3 heteroatoms. The fourth-order valence-electron chi connectivity index (χ4n) is 2.36. The number of benzene rings is 1. The summed E-state index contributed by atoms with van der Waals surface area (Å²) in [6.45, 7) is 3.92. The Morgan fingerprint density at radius 2 is 2.00 bits per heavy atom. The molecule has 2 rings (SSSR count). The first-order chi connectivity index (χ1) is 7.57. The van der Waals surface area contributed by atoms with Gasteiger partial charge in [-0.1, -0.05) is 22.0 Å². The smallest absolute Gasteiger partial charge is 0.0712 e. The first-order valence-corrected chi connectivity index (χ1v) is 6.56. The van der Waals surface area contributed by atoms with Crippen molar-refractivity contribution in [2.24, 2.45) is 0 Å². The number of aryl methyl sites for hydroxylation is 1. The number of nitrogens with one attached hydrogen (secondary N) is 1. The Kier molecular flexibility index (Phi) is 3.67. The quantitative estimate of drug-likeness (QED) is 0.874. The van der Waals surface area contributed by atoms with Gasteiger partial charge in [-0.3, -0.25) is 0 Å². The Hall–Kier alpha value is -0.380. The number of rotatable bonds is 2. The van der Waals surface area contributed by atoms with Crippen molar-refractivity contribution in [1.29, 1.82) is 0 Å². The third-order valence-electron chi connectivity index (χ3n) is 3.17. The average molecular weight is 284 g/mol. The second-order valence-corrected chi connectivity index (χ2v) is 5.70. The summed E-state index contributed by atoms with van der Waals surface area (Å²) < 4.78 is 1.10. The predicted molar refractivity (Wildman–Crippen MR) is 69.6 cm³/mol. The fraction of sp³-hybridized carbons (Fsp3) is 0.538. The van der Waals surface area contributed by atoms with Crippen LogP contribution in [0.2, 0.25) is 0 Å². The SMILES string of the molecule is Cc1cc(Br)cc(CC2(O)CCNCC2)c1. The summed E-state index contributed by atoms with van der Waals surface area (Å²) in [5.74, 6) is 0. The van der Waals surface area contributed by atoms with Gasteiger partial charge < -0.3 is 10.4 Å². The molecule has 0 saturated carbocycles. The van der Waals surface area contributed by atoms with E-state index in [0.717, 1.165) is 36.8 Å². The zero-order valence-electron chi connectivity index (χ0n) is 9.59. The van der Waals surface area contributed by atoms with Crippen LogP contribution in [0.5, 0.6) is 0 Å². The molecule has 1 heterocycles. The van der Waals surface area contributed by atoms with Crippen LogP contribution in [0, 0.1) is 6.92 Å². The van der Waals surface area contributed by atoms with E-state index in [1.807, 2.05) is 0 Å². The molecule has 1 fully saturated rings. The lowest BCUT2D eigenvalue weighted by Gasteiger charge is -2.32. The van der Waals surface area contributed by atoms with E-state index in [1.165, 1.54) is 11.1 Å². The Bertz CT molecular complexity index is 352. The highest BCUT2D eigenvalue weighted by molar-refractivity contribution is 9.10. The van der Waals surface area contributed by atoms with Crippen molar-refractivity contribution < 1.29 is 5.11 Å². The molecule has 0 unspecified atom stereocenters. The third-order valence-corrected chi connectivity index (χ3v) is 3.63. The van der Waals surface area contributed by atoms with E-state index in [0.29, 0.717) is 0 Å². The van der Waals surface area contributed by atoms with Gasteiger partial charge in [0.05, 0.1) is 5.60 Å². The highest BCUT2D eigenvalue weighted by Gasteiger charge is 2.29. The van der Waals surface area contributed by atoms with Gasteiger partial charge in [0.2, 0.25) is 0 Å². The first kappa shape index (κ1) is 12.1. The summed E-state index contributed by atoms with van der Waals surface area (Å²) in [5, 5.41) is 13.7. The maximum absolute atomic E-state index is 10.5. The predicted octanol–water partition coefficient (Wildman–Crippen LogP) is 2.41. The molecule has 0 bridgehead atoms. The van der Waals surface area contributed by atoms with E-state index < -0.39 is 5.60 Å². The van der Waals surface area contributed by atoms with Gasteiger partial charge in [-0.2, -0.15) is 0 Å². The average Bonchev–Trinajstić information content (AvgIpc) is 2.15. The molecule has 16 heavy (non-hydrogen) atoms. The molecule has 1 aliphatic rings. The van der Waals surface area contributed by atoms with Crippen LogP contribution in [0.25, 0.3) is 0 Å². The molecule has 0 atom stereocenters. The lowest BCUT2D eigenvalue weighted by molar-refractivity contribution is 0.0108. The largest absolute Gasteiger partial charge is 0.389 e. The molecular formula is C13H18BrNO. The number of hydrogen-bond acceptors (Lipinski definition) is 2. The molecule has 88 valence electrons. The Labute approximate surface area is 105 Å². The van der Waals surface area contributed by atoms with Crippen molar-refractivity contribution in [1.82, 2.24) is 5.32 Å². The first-order valence-electron chi connectivity index (χ1n) is 5.77. The number of piperidine rings is 1. The minimum absolute atomic E-state index is 0.515. The van der Waals surface area contributed by atoms with Crippen LogP contribution in [-0.2, 0) is 6.42 Å². The fourth-order valence-corrected chi connectivity index (χ4v) is 3.02. The molecule has 0 aliphatic carbocycles. The van der Waals surface area contributed by atoms with Gasteiger partial charge >= 0.3 is 0 Å². The zero-order chi connectivity index (χ0) is 11.6. The summed E-state index contributed by atoms with van der Waals surface area (Å²) >= 11 is 3.50. The maximum Gasteiger partial charge on any atom is 0.0712 e. The molecule has 0 aromatic heterocycles. The van der Waals surface area contributed by atoms with E-state index in [1.54, 1.807) is 0 Å². The summed E-state index contributed by atoms with van der Waals surface area (Å²) in [6, 6.07) is 6.35. The van der Waals surface area contributed by atoms with E-state index >= 15 is 0 Å². The summed E-state index contributed by atoms with van der Waals surface area (Å²) in [4.78, 5) is 0. The van der Waals surface area contributed by atoms with Crippen molar-refractivity contribution in [3.05, 3.63) is 33.8 Å². The second-order valence-electron chi connectivity index (χ2n) is 4.79. The van der Waals surface area contributed by atoms with Crippen molar-refractivity contribution in [2.75, 3.05) is 13.1 Å². The van der Waals surface area contributed by atoms with Crippen molar-refractivity contribution in [3.63, 3.8) is 0 Å². The Balaban J connectivity index is 2.13. The maximum atomic E-state index is 10.5. The minimum atomic E-state index is -0.515. The van der Waals surface area contributed by atoms with Gasteiger partial charge in [-0.15, -0.1) is 0 Å². The van der Waals surface area contributed by atoms with Gasteiger partial charge in [0.25, 0.3) is 0 Å². The van der Waals surface area contributed by atoms with Crippen molar-refractivity contribution in [3.8, 4) is 0 Å². The van der Waals surface area contributed by atoms with Crippen LogP contribution in [-0.4, -0.2) is 23.8 Å². The zero-order valence-corrected chi connectivity index (χ0v) is 11.2. The normalized spacial score (nSPS) is 19.7. The van der Waals surface area contributed by atoms with Crippen LogP contribution in [0.1, 0.15) is 24.0 Å². The molecule has 1 saturated heterocycles. The Morgan fingerprint density at radius 1 is 1.31 bits per heavy atom. The van der Waals surface area contributed by atoms with Crippen LogP contribution >= 0.6 is 15.9 Å². The number of halogens is 1. The van der Waals surface area contributed by atoms with Crippen molar-refractivity contribution >= 4 is 15.9 Å². The molecule has 1 aromatic rings. The molecule has 0 amide bonds. The van der Waals surface area contributed by atoms with E-state index in [-0.39, 0.29) is 0 Å². The molecule has 2 N–H and O–H groups in total. The standard InChI is InChI=1S/C13H18BrNO/c1-10-6-11(8-12(14)7-10)9-13(16)2-4-15-5-3-13/h6-8,15-16H,2-5,9H2,1H3. The monoisotopic (exact) mass is 283 g/mol. The molecule has 0 spiro atoms.